The van der Waals surface area contributed by atoms with Gasteiger partial charge in [0.1, 0.15) is 11.5 Å². The first-order chi connectivity index (χ1) is 13.8. The molecule has 0 saturated heterocycles. The van der Waals surface area contributed by atoms with E-state index < -0.39 is 0 Å². The fourth-order valence-electron chi connectivity index (χ4n) is 3.19. The van der Waals surface area contributed by atoms with Crippen LogP contribution in [0.3, 0.4) is 0 Å². The third-order valence-corrected chi connectivity index (χ3v) is 6.00. The Morgan fingerprint density at radius 1 is 0.759 bits per heavy atom. The zero-order chi connectivity index (χ0) is 21.2. The molecule has 0 aliphatic carbocycles. The van der Waals surface area contributed by atoms with Gasteiger partial charge in [0.2, 0.25) is 11.8 Å². The second-order valence-corrected chi connectivity index (χ2v) is 8.51. The van der Waals surface area contributed by atoms with Crippen LogP contribution in [0.2, 0.25) is 12.1 Å². The highest BCUT2D eigenvalue weighted by Gasteiger charge is 2.15. The molecule has 6 nitrogen and oxygen atoms in total. The second kappa shape index (κ2) is 11.3. The fraction of sp³-hybridized carbons (Fsp3) is 0.364. The SMILES string of the molecule is CC(=O)NC(C[Si]CC(Cc1ccc(O)cc1)NC(C)=O)Cc1ccc(O)cc1. The van der Waals surface area contributed by atoms with Gasteiger partial charge in [0.05, 0.1) is 0 Å². The number of benzene rings is 2. The summed E-state index contributed by atoms with van der Waals surface area (Å²) in [6.45, 7) is 3.02. The van der Waals surface area contributed by atoms with Gasteiger partial charge in [-0.25, -0.2) is 0 Å². The van der Waals surface area contributed by atoms with Crippen LogP contribution in [0, 0.1) is 0 Å². The smallest absolute Gasteiger partial charge is 0.217 e. The Labute approximate surface area is 174 Å². The maximum absolute atomic E-state index is 11.6. The summed E-state index contributed by atoms with van der Waals surface area (Å²) in [6, 6.07) is 15.6. The van der Waals surface area contributed by atoms with Crippen LogP contribution in [-0.2, 0) is 22.4 Å². The number of nitrogens with one attached hydrogen (secondary N) is 2. The van der Waals surface area contributed by atoms with Gasteiger partial charge in [0, 0.05) is 35.5 Å². The molecule has 0 aliphatic rings. The predicted octanol–water partition coefficient (Wildman–Crippen LogP) is 2.43. The number of carbonyl (C=O) groups excluding carboxylic acids is 2. The van der Waals surface area contributed by atoms with Gasteiger partial charge in [-0.1, -0.05) is 24.3 Å². The predicted molar refractivity (Wildman–Crippen MR) is 114 cm³/mol. The number of hydrogen-bond acceptors (Lipinski definition) is 4. The van der Waals surface area contributed by atoms with E-state index >= 15 is 0 Å². The molecule has 0 heterocycles. The molecule has 154 valence electrons. The minimum absolute atomic E-state index is 0.00188. The molecule has 4 N–H and O–H groups in total. The van der Waals surface area contributed by atoms with E-state index in [1.165, 1.54) is 13.8 Å². The third-order valence-electron chi connectivity index (χ3n) is 4.43. The van der Waals surface area contributed by atoms with E-state index in [1.54, 1.807) is 24.3 Å². The van der Waals surface area contributed by atoms with E-state index in [4.69, 9.17) is 0 Å². The summed E-state index contributed by atoms with van der Waals surface area (Å²) in [5, 5.41) is 24.9. The fourth-order valence-corrected chi connectivity index (χ4v) is 4.54. The topological polar surface area (TPSA) is 98.7 Å². The summed E-state index contributed by atoms with van der Waals surface area (Å²) in [7, 11) is 0.562. The van der Waals surface area contributed by atoms with Gasteiger partial charge in [0.25, 0.3) is 0 Å². The summed E-state index contributed by atoms with van der Waals surface area (Å²) >= 11 is 0. The Hall–Kier alpha value is -2.80. The van der Waals surface area contributed by atoms with Gasteiger partial charge < -0.3 is 20.8 Å². The van der Waals surface area contributed by atoms with Gasteiger partial charge in [-0.05, 0) is 60.3 Å². The summed E-state index contributed by atoms with van der Waals surface area (Å²) < 4.78 is 0. The van der Waals surface area contributed by atoms with E-state index in [0.29, 0.717) is 22.4 Å². The van der Waals surface area contributed by atoms with E-state index in [0.717, 1.165) is 23.2 Å². The standard InChI is InChI=1S/C22H28N2O4Si/c1-15(25)23-19(11-17-3-7-21(27)8-4-17)13-29-14-20(24-16(2)26)12-18-5-9-22(28)10-6-18/h3-10,19-20,27-28H,11-14H2,1-2H3,(H,23,25)(H,24,26). The van der Waals surface area contributed by atoms with E-state index in [2.05, 4.69) is 10.6 Å². The zero-order valence-electron chi connectivity index (χ0n) is 16.8. The lowest BCUT2D eigenvalue weighted by atomic mass is 10.1. The molecule has 2 radical (unpaired) electrons. The van der Waals surface area contributed by atoms with Crippen molar-refractivity contribution in [3.05, 3.63) is 59.7 Å². The van der Waals surface area contributed by atoms with Gasteiger partial charge in [-0.15, -0.1) is 0 Å². The molecule has 2 atom stereocenters. The van der Waals surface area contributed by atoms with Crippen LogP contribution in [0.4, 0.5) is 0 Å². The Morgan fingerprint density at radius 2 is 1.10 bits per heavy atom. The lowest BCUT2D eigenvalue weighted by Gasteiger charge is -2.21. The van der Waals surface area contributed by atoms with Gasteiger partial charge in [0.15, 0.2) is 0 Å². The quantitative estimate of drug-likeness (QED) is 0.451. The molecule has 29 heavy (non-hydrogen) atoms. The van der Waals surface area contributed by atoms with Crippen molar-refractivity contribution in [1.82, 2.24) is 10.6 Å². The van der Waals surface area contributed by atoms with Crippen LogP contribution < -0.4 is 10.6 Å². The molecule has 0 spiro atoms. The molecule has 0 bridgehead atoms. The highest BCUT2D eigenvalue weighted by atomic mass is 28.2. The Morgan fingerprint density at radius 3 is 1.41 bits per heavy atom. The minimum atomic E-state index is -0.0684. The molecule has 2 amide bonds. The van der Waals surface area contributed by atoms with Crippen LogP contribution in [0.1, 0.15) is 25.0 Å². The van der Waals surface area contributed by atoms with E-state index in [-0.39, 0.29) is 35.4 Å². The Balaban J connectivity index is 1.93. The van der Waals surface area contributed by atoms with Crippen molar-refractivity contribution < 1.29 is 19.8 Å². The number of rotatable bonds is 10. The summed E-state index contributed by atoms with van der Waals surface area (Å²) in [5.74, 6) is 0.306. The van der Waals surface area contributed by atoms with Gasteiger partial charge in [-0.2, -0.15) is 0 Å². The average Bonchev–Trinajstić information content (AvgIpc) is 2.64. The first kappa shape index (κ1) is 22.5. The number of carbonyl (C=O) groups is 2. The summed E-state index contributed by atoms with van der Waals surface area (Å²) in [5.41, 5.74) is 2.10. The van der Waals surface area contributed by atoms with Crippen molar-refractivity contribution in [2.45, 2.75) is 50.9 Å². The molecule has 2 aromatic carbocycles. The Kier molecular flexibility index (Phi) is 8.73. The van der Waals surface area contributed by atoms with E-state index in [1.807, 2.05) is 24.3 Å². The van der Waals surface area contributed by atoms with Crippen molar-refractivity contribution >= 4 is 21.3 Å². The molecule has 2 unspecified atom stereocenters. The maximum atomic E-state index is 11.6. The van der Waals surface area contributed by atoms with Crippen molar-refractivity contribution in [3.8, 4) is 11.5 Å². The second-order valence-electron chi connectivity index (χ2n) is 7.19. The normalized spacial score (nSPS) is 12.8. The maximum Gasteiger partial charge on any atom is 0.217 e. The summed E-state index contributed by atoms with van der Waals surface area (Å²) in [6.07, 6.45) is 1.38. The molecule has 0 aromatic heterocycles. The average molecular weight is 413 g/mol. The van der Waals surface area contributed by atoms with Crippen LogP contribution >= 0.6 is 0 Å². The molecule has 2 rings (SSSR count). The van der Waals surface area contributed by atoms with E-state index in [9.17, 15) is 19.8 Å². The molecule has 0 saturated carbocycles. The number of amides is 2. The lowest BCUT2D eigenvalue weighted by Crippen LogP contribution is -2.38. The van der Waals surface area contributed by atoms with Crippen molar-refractivity contribution in [2.75, 3.05) is 0 Å². The molecule has 0 aliphatic heterocycles. The van der Waals surface area contributed by atoms with Gasteiger partial charge >= 0.3 is 0 Å². The molecular formula is C22H28N2O4Si. The van der Waals surface area contributed by atoms with Crippen molar-refractivity contribution in [2.24, 2.45) is 0 Å². The van der Waals surface area contributed by atoms with Crippen molar-refractivity contribution in [3.63, 3.8) is 0 Å². The molecular weight excluding hydrogens is 384 g/mol. The minimum Gasteiger partial charge on any atom is -0.508 e. The molecule has 0 fully saturated rings. The molecule has 7 heteroatoms. The lowest BCUT2D eigenvalue weighted by molar-refractivity contribution is -0.120. The first-order valence-electron chi connectivity index (χ1n) is 9.62. The monoisotopic (exact) mass is 412 g/mol. The van der Waals surface area contributed by atoms with Crippen molar-refractivity contribution in [1.29, 1.82) is 0 Å². The number of aromatic hydroxyl groups is 2. The number of hydrogen-bond donors (Lipinski definition) is 4. The van der Waals surface area contributed by atoms with Crippen LogP contribution in [0.5, 0.6) is 11.5 Å². The number of phenolic OH excluding ortho intramolecular Hbond substituents is 2. The Bertz CT molecular complexity index is 726. The highest BCUT2D eigenvalue weighted by molar-refractivity contribution is 6.36. The van der Waals surface area contributed by atoms with Crippen LogP contribution in [0.15, 0.2) is 48.5 Å². The zero-order valence-corrected chi connectivity index (χ0v) is 17.8. The summed E-state index contributed by atoms with van der Waals surface area (Å²) in [4.78, 5) is 23.2. The highest BCUT2D eigenvalue weighted by Crippen LogP contribution is 2.15. The largest absolute Gasteiger partial charge is 0.508 e. The molecule has 2 aromatic rings. The number of phenols is 2. The first-order valence-corrected chi connectivity index (χ1v) is 11.0. The van der Waals surface area contributed by atoms with Gasteiger partial charge in [-0.3, -0.25) is 9.59 Å². The van der Waals surface area contributed by atoms with Crippen LogP contribution in [0.25, 0.3) is 0 Å². The third kappa shape index (κ3) is 8.82. The van der Waals surface area contributed by atoms with Crippen LogP contribution in [-0.4, -0.2) is 43.6 Å².